The summed E-state index contributed by atoms with van der Waals surface area (Å²) >= 11 is 0. The second-order valence-electron chi connectivity index (χ2n) is 7.34. The highest BCUT2D eigenvalue weighted by Crippen LogP contribution is 2.19. The monoisotopic (exact) mass is 444 g/mol. The molecule has 0 atom stereocenters. The van der Waals surface area contributed by atoms with Gasteiger partial charge in [0.1, 0.15) is 5.82 Å². The summed E-state index contributed by atoms with van der Waals surface area (Å²) in [5.41, 5.74) is 0.264. The number of halogens is 1. The molecule has 0 unspecified atom stereocenters. The van der Waals surface area contributed by atoms with Crippen LogP contribution in [0.2, 0.25) is 0 Å². The molecule has 0 radical (unpaired) electrons. The van der Waals surface area contributed by atoms with Crippen LogP contribution >= 0.6 is 0 Å². The third-order valence-electron chi connectivity index (χ3n) is 5.38. The molecule has 1 amide bonds. The number of sulfonamides is 1. The molecule has 31 heavy (non-hydrogen) atoms. The molecule has 10 heteroatoms. The molecular weight excluding hydrogens is 423 g/mol. The molecule has 0 spiro atoms. The molecule has 8 nitrogen and oxygen atoms in total. The summed E-state index contributed by atoms with van der Waals surface area (Å²) in [5.74, 6) is -0.814. The van der Waals surface area contributed by atoms with Crippen LogP contribution in [0.3, 0.4) is 0 Å². The predicted octanol–water partition coefficient (Wildman–Crippen LogP) is 1.15. The summed E-state index contributed by atoms with van der Waals surface area (Å²) in [7, 11) is -2.29. The molecule has 0 bridgehead atoms. The average Bonchev–Trinajstić information content (AvgIpc) is 2.77. The van der Waals surface area contributed by atoms with Gasteiger partial charge < -0.3 is 4.90 Å². The number of amides is 1. The van der Waals surface area contributed by atoms with E-state index in [-0.39, 0.29) is 49.0 Å². The lowest BCUT2D eigenvalue weighted by molar-refractivity contribution is -0.131. The van der Waals surface area contributed by atoms with Crippen molar-refractivity contribution in [2.45, 2.75) is 11.3 Å². The van der Waals surface area contributed by atoms with Crippen molar-refractivity contribution < 1.29 is 17.6 Å². The minimum atomic E-state index is -3.83. The fourth-order valence-corrected chi connectivity index (χ4v) is 5.17. The number of hydrogen-bond donors (Lipinski definition) is 0. The van der Waals surface area contributed by atoms with Gasteiger partial charge in [0.05, 0.1) is 22.4 Å². The molecule has 2 aromatic carbocycles. The lowest BCUT2D eigenvalue weighted by Crippen LogP contribution is -2.51. The van der Waals surface area contributed by atoms with Crippen molar-refractivity contribution in [2.24, 2.45) is 7.05 Å². The largest absolute Gasteiger partial charge is 0.340 e. The van der Waals surface area contributed by atoms with Crippen LogP contribution in [0.25, 0.3) is 10.8 Å². The fourth-order valence-electron chi connectivity index (χ4n) is 3.72. The number of piperazine rings is 1. The highest BCUT2D eigenvalue weighted by Gasteiger charge is 2.30. The Labute approximate surface area is 178 Å². The number of carbonyl (C=O) groups excluding carboxylic acids is 1. The van der Waals surface area contributed by atoms with E-state index in [1.54, 1.807) is 36.2 Å². The molecule has 0 aliphatic carbocycles. The summed E-state index contributed by atoms with van der Waals surface area (Å²) in [6, 6.07) is 11.9. The molecular formula is C21H21FN4O4S. The summed E-state index contributed by atoms with van der Waals surface area (Å²) < 4.78 is 41.4. The van der Waals surface area contributed by atoms with Crippen LogP contribution < -0.4 is 5.56 Å². The van der Waals surface area contributed by atoms with Crippen LogP contribution in [0.4, 0.5) is 4.39 Å². The number of hydrogen-bond acceptors (Lipinski definition) is 5. The Morgan fingerprint density at radius 2 is 1.71 bits per heavy atom. The van der Waals surface area contributed by atoms with Crippen LogP contribution in [0.15, 0.2) is 58.2 Å². The number of benzene rings is 2. The highest BCUT2D eigenvalue weighted by molar-refractivity contribution is 7.89. The molecule has 1 fully saturated rings. The van der Waals surface area contributed by atoms with E-state index in [9.17, 15) is 22.4 Å². The fraction of sp³-hybridized carbons (Fsp3) is 0.286. The van der Waals surface area contributed by atoms with E-state index in [2.05, 4.69) is 5.10 Å². The van der Waals surface area contributed by atoms with Gasteiger partial charge in [-0.1, -0.05) is 24.3 Å². The number of nitrogens with zero attached hydrogens (tertiary/aromatic N) is 4. The first-order valence-electron chi connectivity index (χ1n) is 9.76. The predicted molar refractivity (Wildman–Crippen MR) is 112 cm³/mol. The maximum atomic E-state index is 13.4. The molecule has 162 valence electrons. The summed E-state index contributed by atoms with van der Waals surface area (Å²) in [4.78, 5) is 26.6. The van der Waals surface area contributed by atoms with Crippen LogP contribution in [-0.4, -0.2) is 59.5 Å². The number of fused-ring (bicyclic) bond motifs is 1. The Kier molecular flexibility index (Phi) is 5.59. The Morgan fingerprint density at radius 3 is 2.39 bits per heavy atom. The van der Waals surface area contributed by atoms with E-state index in [0.717, 1.165) is 6.07 Å². The van der Waals surface area contributed by atoms with Gasteiger partial charge in [0.25, 0.3) is 5.56 Å². The van der Waals surface area contributed by atoms with E-state index in [1.165, 1.54) is 27.2 Å². The number of aryl methyl sites for hydroxylation is 1. The lowest BCUT2D eigenvalue weighted by Gasteiger charge is -2.34. The Morgan fingerprint density at radius 1 is 1.03 bits per heavy atom. The molecule has 1 aliphatic heterocycles. The Balaban J connectivity index is 1.48. The van der Waals surface area contributed by atoms with Crippen molar-refractivity contribution in [3.05, 3.63) is 70.4 Å². The van der Waals surface area contributed by atoms with Gasteiger partial charge in [0, 0.05) is 38.6 Å². The second kappa shape index (κ2) is 8.20. The second-order valence-corrected chi connectivity index (χ2v) is 9.28. The number of aromatic nitrogens is 2. The summed E-state index contributed by atoms with van der Waals surface area (Å²) in [5, 5.41) is 5.38. The zero-order valence-corrected chi connectivity index (χ0v) is 17.7. The van der Waals surface area contributed by atoms with Crippen molar-refractivity contribution in [2.75, 3.05) is 26.2 Å². The zero-order valence-electron chi connectivity index (χ0n) is 16.9. The van der Waals surface area contributed by atoms with Crippen LogP contribution in [-0.2, 0) is 28.3 Å². The van der Waals surface area contributed by atoms with E-state index in [0.29, 0.717) is 16.5 Å². The normalized spacial score (nSPS) is 15.4. The van der Waals surface area contributed by atoms with Crippen molar-refractivity contribution in [1.82, 2.24) is 19.0 Å². The average molecular weight is 444 g/mol. The number of carbonyl (C=O) groups is 1. The maximum absolute atomic E-state index is 13.4. The molecule has 4 rings (SSSR count). The standard InChI is InChI=1S/C21H21FN4O4S/c1-24-21(28)18-8-3-2-7-17(18)19(23-24)14-20(27)25-9-11-26(12-10-25)31(29,30)16-6-4-5-15(22)13-16/h2-8,13H,9-12,14H2,1H3. The highest BCUT2D eigenvalue weighted by atomic mass is 32.2. The first-order valence-corrected chi connectivity index (χ1v) is 11.2. The third kappa shape index (κ3) is 4.08. The van der Waals surface area contributed by atoms with Gasteiger partial charge in [-0.25, -0.2) is 17.5 Å². The first-order chi connectivity index (χ1) is 14.8. The minimum Gasteiger partial charge on any atom is -0.340 e. The first kappa shape index (κ1) is 21.1. The minimum absolute atomic E-state index is 0.00524. The van der Waals surface area contributed by atoms with E-state index in [1.807, 2.05) is 0 Å². The summed E-state index contributed by atoms with van der Waals surface area (Å²) in [6.45, 7) is 0.673. The Bertz CT molecular complexity index is 1310. The number of rotatable bonds is 4. The quantitative estimate of drug-likeness (QED) is 0.602. The Hall–Kier alpha value is -3.11. The molecule has 0 saturated carbocycles. The maximum Gasteiger partial charge on any atom is 0.274 e. The smallest absolute Gasteiger partial charge is 0.274 e. The molecule has 3 aromatic rings. The van der Waals surface area contributed by atoms with Gasteiger partial charge in [-0.05, 0) is 24.3 Å². The van der Waals surface area contributed by atoms with Gasteiger partial charge in [-0.3, -0.25) is 9.59 Å². The van der Waals surface area contributed by atoms with Crippen LogP contribution in [0, 0.1) is 5.82 Å². The van der Waals surface area contributed by atoms with Crippen LogP contribution in [0.5, 0.6) is 0 Å². The molecule has 1 aliphatic rings. The molecule has 1 saturated heterocycles. The van der Waals surface area contributed by atoms with E-state index < -0.39 is 15.8 Å². The van der Waals surface area contributed by atoms with Gasteiger partial charge in [-0.15, -0.1) is 0 Å². The summed E-state index contributed by atoms with van der Waals surface area (Å²) in [6.07, 6.45) is 0.00524. The molecule has 2 heterocycles. The van der Waals surface area contributed by atoms with Crippen molar-refractivity contribution in [1.29, 1.82) is 0 Å². The van der Waals surface area contributed by atoms with Gasteiger partial charge in [-0.2, -0.15) is 9.40 Å². The van der Waals surface area contributed by atoms with Crippen molar-refractivity contribution >= 4 is 26.7 Å². The zero-order chi connectivity index (χ0) is 22.2. The molecule has 0 N–H and O–H groups in total. The van der Waals surface area contributed by atoms with Crippen molar-refractivity contribution in [3.8, 4) is 0 Å². The third-order valence-corrected chi connectivity index (χ3v) is 7.27. The molecule has 1 aromatic heterocycles. The topological polar surface area (TPSA) is 92.6 Å². The lowest BCUT2D eigenvalue weighted by atomic mass is 10.1. The van der Waals surface area contributed by atoms with Gasteiger partial charge >= 0.3 is 0 Å². The SMILES string of the molecule is Cn1nc(CC(=O)N2CCN(S(=O)(=O)c3cccc(F)c3)CC2)c2ccccc2c1=O. The van der Waals surface area contributed by atoms with E-state index in [4.69, 9.17) is 0 Å². The van der Waals surface area contributed by atoms with Crippen molar-refractivity contribution in [3.63, 3.8) is 0 Å². The van der Waals surface area contributed by atoms with Gasteiger partial charge in [0.15, 0.2) is 0 Å². The van der Waals surface area contributed by atoms with Gasteiger partial charge in [0.2, 0.25) is 15.9 Å². The van der Waals surface area contributed by atoms with E-state index >= 15 is 0 Å². The van der Waals surface area contributed by atoms with Crippen LogP contribution in [0.1, 0.15) is 5.69 Å².